The minimum Gasteiger partial charge on any atom is -0.485 e. The molecule has 0 fully saturated rings. The minimum atomic E-state index is -0.483. The van der Waals surface area contributed by atoms with Crippen molar-refractivity contribution in [1.82, 2.24) is 19.7 Å². The molecule has 2 aliphatic rings. The van der Waals surface area contributed by atoms with Gasteiger partial charge in [-0.05, 0) is 19.1 Å². The fraction of sp³-hybridized carbons (Fsp3) is 0.364. The molecule has 0 aliphatic carbocycles. The summed E-state index contributed by atoms with van der Waals surface area (Å²) in [4.78, 5) is 32.5. The maximum atomic E-state index is 13.3. The van der Waals surface area contributed by atoms with Gasteiger partial charge in [0.15, 0.2) is 17.2 Å². The van der Waals surface area contributed by atoms with E-state index in [0.717, 1.165) is 17.0 Å². The molecule has 166 valence electrons. The van der Waals surface area contributed by atoms with Crippen LogP contribution in [-0.4, -0.2) is 57.9 Å². The Morgan fingerprint density at radius 1 is 1.25 bits per heavy atom. The highest BCUT2D eigenvalue weighted by molar-refractivity contribution is 7.12. The number of esters is 1. The van der Waals surface area contributed by atoms with E-state index in [1.807, 2.05) is 18.2 Å². The van der Waals surface area contributed by atoms with Crippen LogP contribution in [0.1, 0.15) is 44.0 Å². The van der Waals surface area contributed by atoms with Crippen LogP contribution < -0.4 is 9.47 Å². The predicted molar refractivity (Wildman–Crippen MR) is 115 cm³/mol. The van der Waals surface area contributed by atoms with Crippen LogP contribution >= 0.6 is 11.3 Å². The second kappa shape index (κ2) is 8.62. The number of hydrogen-bond acceptors (Lipinski definition) is 8. The molecule has 3 aromatic rings. The highest BCUT2D eigenvalue weighted by Crippen LogP contribution is 2.40. The number of fused-ring (bicyclic) bond motifs is 2. The summed E-state index contributed by atoms with van der Waals surface area (Å²) >= 11 is 1.31. The van der Waals surface area contributed by atoms with Crippen molar-refractivity contribution < 1.29 is 23.8 Å². The zero-order valence-electron chi connectivity index (χ0n) is 17.6. The number of thiophene rings is 1. The Balaban J connectivity index is 1.45. The van der Waals surface area contributed by atoms with Gasteiger partial charge in [-0.3, -0.25) is 14.5 Å². The Bertz CT molecular complexity index is 1160. The first-order valence-electron chi connectivity index (χ1n) is 10.5. The highest BCUT2D eigenvalue weighted by atomic mass is 32.1. The molecule has 0 radical (unpaired) electrons. The number of pyridine rings is 1. The third-order valence-electron chi connectivity index (χ3n) is 5.42. The Morgan fingerprint density at radius 3 is 2.94 bits per heavy atom. The molecule has 0 bridgehead atoms. The maximum Gasteiger partial charge on any atom is 0.359 e. The van der Waals surface area contributed by atoms with Gasteiger partial charge < -0.3 is 19.1 Å². The lowest BCUT2D eigenvalue weighted by Gasteiger charge is -2.28. The van der Waals surface area contributed by atoms with Crippen LogP contribution in [0.2, 0.25) is 0 Å². The molecule has 0 saturated heterocycles. The van der Waals surface area contributed by atoms with Gasteiger partial charge >= 0.3 is 5.97 Å². The van der Waals surface area contributed by atoms with E-state index in [1.165, 1.54) is 11.3 Å². The molecule has 32 heavy (non-hydrogen) atoms. The van der Waals surface area contributed by atoms with Gasteiger partial charge in [0.25, 0.3) is 5.91 Å². The van der Waals surface area contributed by atoms with Crippen molar-refractivity contribution in [1.29, 1.82) is 0 Å². The third-order valence-corrected chi connectivity index (χ3v) is 6.35. The van der Waals surface area contributed by atoms with Crippen LogP contribution in [0.5, 0.6) is 11.5 Å². The molecular formula is C22H22N4O5S. The SMILES string of the molecule is CCOC(=O)c1nn(Cc2ccccn2)c2c1CN(C(=O)c1scc3c1OCCO3)CC2. The first-order chi connectivity index (χ1) is 15.7. The Morgan fingerprint density at radius 2 is 2.12 bits per heavy atom. The molecule has 0 N–H and O–H groups in total. The Hall–Kier alpha value is -3.40. The summed E-state index contributed by atoms with van der Waals surface area (Å²) in [6, 6.07) is 5.69. The minimum absolute atomic E-state index is 0.139. The van der Waals surface area contributed by atoms with Gasteiger partial charge in [0.1, 0.15) is 18.1 Å². The Kier molecular flexibility index (Phi) is 5.52. The fourth-order valence-corrected chi connectivity index (χ4v) is 4.85. The molecule has 3 aromatic heterocycles. The normalized spacial score (nSPS) is 14.7. The average Bonchev–Trinajstić information content (AvgIpc) is 3.41. The van der Waals surface area contributed by atoms with E-state index < -0.39 is 5.97 Å². The van der Waals surface area contributed by atoms with Crippen molar-refractivity contribution in [2.24, 2.45) is 0 Å². The van der Waals surface area contributed by atoms with Crippen molar-refractivity contribution in [3.63, 3.8) is 0 Å². The second-order valence-electron chi connectivity index (χ2n) is 7.40. The van der Waals surface area contributed by atoms with Gasteiger partial charge in [0.2, 0.25) is 0 Å². The van der Waals surface area contributed by atoms with E-state index in [9.17, 15) is 9.59 Å². The predicted octanol–water partition coefficient (Wildman–Crippen LogP) is 2.53. The van der Waals surface area contributed by atoms with Gasteiger partial charge in [-0.1, -0.05) is 6.07 Å². The number of hydrogen-bond donors (Lipinski definition) is 0. The number of amides is 1. The Labute approximate surface area is 188 Å². The highest BCUT2D eigenvalue weighted by Gasteiger charge is 2.33. The summed E-state index contributed by atoms with van der Waals surface area (Å²) in [5, 5.41) is 6.35. The van der Waals surface area contributed by atoms with Crippen LogP contribution in [0.4, 0.5) is 0 Å². The molecule has 10 heteroatoms. The number of nitrogens with zero attached hydrogens (tertiary/aromatic N) is 4. The molecule has 9 nitrogen and oxygen atoms in total. The standard InChI is InChI=1S/C22H22N4O5S/c1-2-29-22(28)18-15-12-25(21(27)20-19-17(13-32-20)30-9-10-31-19)8-6-16(15)26(24-18)11-14-5-3-4-7-23-14/h3-5,7,13H,2,6,8-12H2,1H3. The number of carbonyl (C=O) groups is 2. The summed E-state index contributed by atoms with van der Waals surface area (Å²) < 4.78 is 18.3. The topological polar surface area (TPSA) is 95.8 Å². The lowest BCUT2D eigenvalue weighted by Crippen LogP contribution is -2.36. The van der Waals surface area contributed by atoms with Crippen LogP contribution in [0.3, 0.4) is 0 Å². The molecule has 5 heterocycles. The molecule has 0 spiro atoms. The van der Waals surface area contributed by atoms with E-state index in [1.54, 1.807) is 28.1 Å². The summed E-state index contributed by atoms with van der Waals surface area (Å²) in [5.74, 6) is 0.494. The van der Waals surface area contributed by atoms with Crippen LogP contribution in [-0.2, 0) is 24.2 Å². The summed E-state index contributed by atoms with van der Waals surface area (Å²) in [7, 11) is 0. The number of rotatable bonds is 5. The van der Waals surface area contributed by atoms with Crippen molar-refractivity contribution in [3.05, 3.63) is 57.3 Å². The van der Waals surface area contributed by atoms with Crippen molar-refractivity contribution in [2.45, 2.75) is 26.4 Å². The molecule has 0 saturated carbocycles. The third kappa shape index (κ3) is 3.70. The first-order valence-corrected chi connectivity index (χ1v) is 11.4. The van der Waals surface area contributed by atoms with E-state index in [-0.39, 0.29) is 24.8 Å². The second-order valence-corrected chi connectivity index (χ2v) is 8.28. The van der Waals surface area contributed by atoms with Gasteiger partial charge in [-0.25, -0.2) is 4.79 Å². The van der Waals surface area contributed by atoms with Crippen LogP contribution in [0, 0.1) is 0 Å². The number of ether oxygens (including phenoxy) is 3. The van der Waals surface area contributed by atoms with Gasteiger partial charge in [0, 0.05) is 35.8 Å². The maximum absolute atomic E-state index is 13.3. The summed E-state index contributed by atoms with van der Waals surface area (Å²) in [6.45, 7) is 4.13. The zero-order valence-corrected chi connectivity index (χ0v) is 18.4. The lowest BCUT2D eigenvalue weighted by molar-refractivity contribution is 0.0513. The quantitative estimate of drug-likeness (QED) is 0.547. The van der Waals surface area contributed by atoms with E-state index in [0.29, 0.717) is 49.1 Å². The molecular weight excluding hydrogens is 432 g/mol. The van der Waals surface area contributed by atoms with Crippen LogP contribution in [0.25, 0.3) is 0 Å². The van der Waals surface area contributed by atoms with Gasteiger partial charge in [-0.15, -0.1) is 11.3 Å². The zero-order chi connectivity index (χ0) is 22.1. The van der Waals surface area contributed by atoms with E-state index in [2.05, 4.69) is 10.1 Å². The number of aromatic nitrogens is 3. The number of carbonyl (C=O) groups excluding carboxylic acids is 2. The summed E-state index contributed by atoms with van der Waals surface area (Å²) in [6.07, 6.45) is 2.30. The van der Waals surface area contributed by atoms with Crippen molar-refractivity contribution in [3.8, 4) is 11.5 Å². The first kappa shape index (κ1) is 20.5. The molecule has 1 amide bonds. The smallest absolute Gasteiger partial charge is 0.359 e. The monoisotopic (exact) mass is 454 g/mol. The van der Waals surface area contributed by atoms with Crippen molar-refractivity contribution >= 4 is 23.2 Å². The largest absolute Gasteiger partial charge is 0.485 e. The van der Waals surface area contributed by atoms with Gasteiger partial charge in [0.05, 0.1) is 25.4 Å². The molecule has 2 aliphatic heterocycles. The summed E-state index contributed by atoms with van der Waals surface area (Å²) in [5.41, 5.74) is 2.74. The fourth-order valence-electron chi connectivity index (χ4n) is 3.96. The van der Waals surface area contributed by atoms with E-state index >= 15 is 0 Å². The lowest BCUT2D eigenvalue weighted by atomic mass is 10.0. The molecule has 5 rings (SSSR count). The molecule has 0 unspecified atom stereocenters. The average molecular weight is 455 g/mol. The van der Waals surface area contributed by atoms with Gasteiger partial charge in [-0.2, -0.15) is 5.10 Å². The molecule has 0 aromatic carbocycles. The molecule has 0 atom stereocenters. The van der Waals surface area contributed by atoms with Crippen LogP contribution in [0.15, 0.2) is 29.8 Å². The van der Waals surface area contributed by atoms with Crippen molar-refractivity contribution in [2.75, 3.05) is 26.4 Å². The van der Waals surface area contributed by atoms with E-state index in [4.69, 9.17) is 14.2 Å².